The number of benzene rings is 1. The van der Waals surface area contributed by atoms with Crippen molar-refractivity contribution in [2.75, 3.05) is 10.5 Å². The van der Waals surface area contributed by atoms with Gasteiger partial charge in [-0.3, -0.25) is 4.72 Å². The molecular formula is C11H9Br2N3O2S. The molecule has 0 bridgehead atoms. The molecule has 0 aliphatic carbocycles. The summed E-state index contributed by atoms with van der Waals surface area (Å²) in [5.74, 6) is 0.228. The monoisotopic (exact) mass is 405 g/mol. The number of nitrogens with two attached hydrogens (primary N) is 1. The van der Waals surface area contributed by atoms with Crippen LogP contribution in [-0.2, 0) is 10.0 Å². The second kappa shape index (κ2) is 5.48. The van der Waals surface area contributed by atoms with E-state index >= 15 is 0 Å². The van der Waals surface area contributed by atoms with Crippen molar-refractivity contribution in [3.05, 3.63) is 45.5 Å². The molecule has 0 spiro atoms. The summed E-state index contributed by atoms with van der Waals surface area (Å²) in [5.41, 5.74) is 6.06. The Morgan fingerprint density at radius 3 is 2.53 bits per heavy atom. The van der Waals surface area contributed by atoms with E-state index in [1.807, 2.05) is 0 Å². The van der Waals surface area contributed by atoms with E-state index in [1.54, 1.807) is 12.1 Å². The molecular weight excluding hydrogens is 398 g/mol. The zero-order valence-corrected chi connectivity index (χ0v) is 13.5. The highest BCUT2D eigenvalue weighted by molar-refractivity contribution is 9.11. The SMILES string of the molecule is Nc1ccc(S(=O)(=O)Nc2ncccc2Br)c(Br)c1. The first-order valence-corrected chi connectivity index (χ1v) is 8.15. The predicted octanol–water partition coefficient (Wildman–Crippen LogP) is 2.99. The standard InChI is InChI=1S/C11H9Br2N3O2S/c12-8-2-1-5-15-11(8)16-19(17,18)10-4-3-7(14)6-9(10)13/h1-6H,14H2,(H,15,16). The molecule has 0 atom stereocenters. The number of nitrogens with one attached hydrogen (secondary N) is 1. The van der Waals surface area contributed by atoms with E-state index in [2.05, 4.69) is 41.6 Å². The Labute approximate surface area is 127 Å². The predicted molar refractivity (Wildman–Crippen MR) is 81.3 cm³/mol. The lowest BCUT2D eigenvalue weighted by molar-refractivity contribution is 0.600. The average molecular weight is 407 g/mol. The van der Waals surface area contributed by atoms with Gasteiger partial charge in [0.05, 0.1) is 4.47 Å². The maximum Gasteiger partial charge on any atom is 0.264 e. The number of anilines is 2. The lowest BCUT2D eigenvalue weighted by Gasteiger charge is -2.10. The summed E-state index contributed by atoms with van der Waals surface area (Å²) in [6.07, 6.45) is 1.50. The highest BCUT2D eigenvalue weighted by atomic mass is 79.9. The van der Waals surface area contributed by atoms with Crippen molar-refractivity contribution in [1.29, 1.82) is 0 Å². The quantitative estimate of drug-likeness (QED) is 0.767. The molecule has 0 aliphatic heterocycles. The number of hydrogen-bond donors (Lipinski definition) is 2. The third-order valence-electron chi connectivity index (χ3n) is 2.23. The summed E-state index contributed by atoms with van der Waals surface area (Å²) in [4.78, 5) is 4.06. The molecule has 0 radical (unpaired) electrons. The fraction of sp³-hybridized carbons (Fsp3) is 0. The first kappa shape index (κ1) is 14.3. The minimum absolute atomic E-state index is 0.0965. The lowest BCUT2D eigenvalue weighted by Crippen LogP contribution is -2.15. The third-order valence-corrected chi connectivity index (χ3v) is 5.19. The Kier molecular flexibility index (Phi) is 4.12. The Balaban J connectivity index is 2.41. The molecule has 0 amide bonds. The zero-order valence-electron chi connectivity index (χ0n) is 9.47. The summed E-state index contributed by atoms with van der Waals surface area (Å²) in [6.45, 7) is 0. The summed E-state index contributed by atoms with van der Waals surface area (Å²) in [7, 11) is -3.73. The van der Waals surface area contributed by atoms with Gasteiger partial charge in [-0.25, -0.2) is 13.4 Å². The second-order valence-corrected chi connectivity index (χ2v) is 6.99. The number of sulfonamides is 1. The fourth-order valence-electron chi connectivity index (χ4n) is 1.38. The van der Waals surface area contributed by atoms with Crippen molar-refractivity contribution in [3.8, 4) is 0 Å². The lowest BCUT2D eigenvalue weighted by atomic mass is 10.3. The van der Waals surface area contributed by atoms with Crippen molar-refractivity contribution in [2.45, 2.75) is 4.90 Å². The summed E-state index contributed by atoms with van der Waals surface area (Å²) in [5, 5.41) is 0. The molecule has 3 N–H and O–H groups in total. The van der Waals surface area contributed by atoms with Gasteiger partial charge in [-0.1, -0.05) is 0 Å². The molecule has 1 aromatic carbocycles. The Morgan fingerprint density at radius 1 is 1.16 bits per heavy atom. The van der Waals surface area contributed by atoms with Gasteiger partial charge in [-0.05, 0) is 62.2 Å². The molecule has 5 nitrogen and oxygen atoms in total. The third kappa shape index (κ3) is 3.26. The van der Waals surface area contributed by atoms with Crippen molar-refractivity contribution < 1.29 is 8.42 Å². The van der Waals surface area contributed by atoms with Crippen molar-refractivity contribution in [1.82, 2.24) is 4.98 Å². The van der Waals surface area contributed by atoms with Crippen LogP contribution in [0.5, 0.6) is 0 Å². The first-order valence-electron chi connectivity index (χ1n) is 5.08. The van der Waals surface area contributed by atoms with Crippen LogP contribution in [0.2, 0.25) is 0 Å². The highest BCUT2D eigenvalue weighted by Gasteiger charge is 2.19. The van der Waals surface area contributed by atoms with Crippen LogP contribution < -0.4 is 10.5 Å². The van der Waals surface area contributed by atoms with Crippen LogP contribution in [0.15, 0.2) is 50.4 Å². The van der Waals surface area contributed by atoms with E-state index in [1.165, 1.54) is 24.4 Å². The maximum atomic E-state index is 12.2. The van der Waals surface area contributed by atoms with Crippen molar-refractivity contribution in [3.63, 3.8) is 0 Å². The minimum atomic E-state index is -3.73. The minimum Gasteiger partial charge on any atom is -0.399 e. The molecule has 1 aromatic heterocycles. The summed E-state index contributed by atoms with van der Waals surface area (Å²) < 4.78 is 27.8. The largest absolute Gasteiger partial charge is 0.399 e. The second-order valence-electron chi connectivity index (χ2n) is 3.63. The number of rotatable bonds is 3. The van der Waals surface area contributed by atoms with Crippen molar-refractivity contribution in [2.24, 2.45) is 0 Å². The van der Waals surface area contributed by atoms with E-state index in [0.717, 1.165) is 0 Å². The van der Waals surface area contributed by atoms with E-state index in [4.69, 9.17) is 5.73 Å². The molecule has 100 valence electrons. The van der Waals surface area contributed by atoms with Gasteiger partial charge < -0.3 is 5.73 Å². The van der Waals surface area contributed by atoms with Crippen LogP contribution >= 0.6 is 31.9 Å². The van der Waals surface area contributed by atoms with Crippen LogP contribution in [0, 0.1) is 0 Å². The van der Waals surface area contributed by atoms with Crippen LogP contribution in [0.3, 0.4) is 0 Å². The van der Waals surface area contributed by atoms with Crippen LogP contribution in [0.4, 0.5) is 11.5 Å². The fourth-order valence-corrected chi connectivity index (χ4v) is 3.99. The molecule has 2 rings (SSSR count). The van der Waals surface area contributed by atoms with E-state index < -0.39 is 10.0 Å². The van der Waals surface area contributed by atoms with Gasteiger partial charge in [0.15, 0.2) is 5.82 Å². The number of nitrogen functional groups attached to an aromatic ring is 1. The molecule has 8 heteroatoms. The Morgan fingerprint density at radius 2 is 1.89 bits per heavy atom. The molecule has 1 heterocycles. The van der Waals surface area contributed by atoms with Gasteiger partial charge >= 0.3 is 0 Å². The van der Waals surface area contributed by atoms with Crippen LogP contribution in [0.25, 0.3) is 0 Å². The Hall–Kier alpha value is -1.12. The summed E-state index contributed by atoms with van der Waals surface area (Å²) in [6, 6.07) is 7.87. The number of halogens is 2. The number of pyridine rings is 1. The summed E-state index contributed by atoms with van der Waals surface area (Å²) >= 11 is 6.41. The zero-order chi connectivity index (χ0) is 14.0. The average Bonchev–Trinajstić information content (AvgIpc) is 2.31. The van der Waals surface area contributed by atoms with Gasteiger partial charge in [0.2, 0.25) is 0 Å². The number of nitrogens with zero attached hydrogens (tertiary/aromatic N) is 1. The van der Waals surface area contributed by atoms with Crippen LogP contribution in [0.1, 0.15) is 0 Å². The molecule has 0 saturated carbocycles. The molecule has 0 unspecified atom stereocenters. The van der Waals surface area contributed by atoms with E-state index in [9.17, 15) is 8.42 Å². The van der Waals surface area contributed by atoms with E-state index in [-0.39, 0.29) is 10.7 Å². The van der Waals surface area contributed by atoms with Crippen molar-refractivity contribution >= 4 is 53.4 Å². The van der Waals surface area contributed by atoms with E-state index in [0.29, 0.717) is 14.6 Å². The molecule has 0 fully saturated rings. The normalized spacial score (nSPS) is 11.3. The van der Waals surface area contributed by atoms with Gasteiger partial charge in [0.25, 0.3) is 10.0 Å². The molecule has 2 aromatic rings. The topological polar surface area (TPSA) is 85.1 Å². The maximum absolute atomic E-state index is 12.2. The first-order chi connectivity index (χ1) is 8.90. The van der Waals surface area contributed by atoms with Gasteiger partial charge in [0.1, 0.15) is 4.90 Å². The molecule has 0 aliphatic rings. The molecule has 19 heavy (non-hydrogen) atoms. The Bertz CT molecular complexity index is 720. The van der Waals surface area contributed by atoms with Gasteiger partial charge in [0, 0.05) is 16.4 Å². The molecule has 0 saturated heterocycles. The number of hydrogen-bond acceptors (Lipinski definition) is 4. The number of aromatic nitrogens is 1. The van der Waals surface area contributed by atoms with Gasteiger partial charge in [-0.2, -0.15) is 0 Å². The van der Waals surface area contributed by atoms with Gasteiger partial charge in [-0.15, -0.1) is 0 Å². The highest BCUT2D eigenvalue weighted by Crippen LogP contribution is 2.27. The smallest absolute Gasteiger partial charge is 0.264 e. The van der Waals surface area contributed by atoms with Crippen LogP contribution in [-0.4, -0.2) is 13.4 Å².